The molecule has 1 fully saturated rings. The Bertz CT molecular complexity index is 374. The van der Waals surface area contributed by atoms with Crippen LogP contribution in [-0.2, 0) is 18.3 Å². The van der Waals surface area contributed by atoms with Gasteiger partial charge in [0.25, 0.3) is 0 Å². The Kier molecular flexibility index (Phi) is 3.49. The molecule has 17 heavy (non-hydrogen) atoms. The summed E-state index contributed by atoms with van der Waals surface area (Å²) >= 11 is 0. The van der Waals surface area contributed by atoms with Crippen LogP contribution in [0.4, 0.5) is 0 Å². The standard InChI is InChI=1S/C12H22N4O/c1-5-17-10-6-9(12(10,2)3)13-7-11-15-14-8-16(11)4/h8-10,13H,5-7H2,1-4H3. The van der Waals surface area contributed by atoms with E-state index in [0.29, 0.717) is 12.1 Å². The van der Waals surface area contributed by atoms with E-state index in [0.717, 1.165) is 25.4 Å². The maximum Gasteiger partial charge on any atom is 0.146 e. The van der Waals surface area contributed by atoms with E-state index in [-0.39, 0.29) is 5.41 Å². The van der Waals surface area contributed by atoms with E-state index in [2.05, 4.69) is 36.3 Å². The number of aromatic nitrogens is 3. The topological polar surface area (TPSA) is 52.0 Å². The lowest BCUT2D eigenvalue weighted by Gasteiger charge is -2.51. The van der Waals surface area contributed by atoms with E-state index >= 15 is 0 Å². The summed E-state index contributed by atoms with van der Waals surface area (Å²) in [5.41, 5.74) is 0.203. The maximum absolute atomic E-state index is 5.71. The lowest BCUT2D eigenvalue weighted by molar-refractivity contribution is -0.114. The molecule has 0 amide bonds. The van der Waals surface area contributed by atoms with Crippen LogP contribution in [0.15, 0.2) is 6.33 Å². The van der Waals surface area contributed by atoms with Crippen LogP contribution in [0.5, 0.6) is 0 Å². The maximum atomic E-state index is 5.71. The quantitative estimate of drug-likeness (QED) is 0.835. The average Bonchev–Trinajstić information content (AvgIpc) is 2.68. The molecule has 5 nitrogen and oxygen atoms in total. The molecule has 1 saturated carbocycles. The molecular weight excluding hydrogens is 216 g/mol. The van der Waals surface area contributed by atoms with E-state index < -0.39 is 0 Å². The Labute approximate surface area is 103 Å². The molecular formula is C12H22N4O. The average molecular weight is 238 g/mol. The van der Waals surface area contributed by atoms with Crippen molar-refractivity contribution in [3.05, 3.63) is 12.2 Å². The number of rotatable bonds is 5. The van der Waals surface area contributed by atoms with E-state index in [4.69, 9.17) is 4.74 Å². The predicted molar refractivity (Wildman–Crippen MR) is 65.4 cm³/mol. The van der Waals surface area contributed by atoms with Crippen molar-refractivity contribution in [2.75, 3.05) is 6.61 Å². The van der Waals surface area contributed by atoms with Crippen molar-refractivity contribution < 1.29 is 4.74 Å². The first-order valence-electron chi connectivity index (χ1n) is 6.23. The van der Waals surface area contributed by atoms with Gasteiger partial charge in [-0.25, -0.2) is 0 Å². The van der Waals surface area contributed by atoms with Crippen molar-refractivity contribution in [3.8, 4) is 0 Å². The molecule has 1 aromatic rings. The fraction of sp³-hybridized carbons (Fsp3) is 0.833. The first-order valence-corrected chi connectivity index (χ1v) is 6.23. The third-order valence-electron chi connectivity index (χ3n) is 3.86. The third-order valence-corrected chi connectivity index (χ3v) is 3.86. The summed E-state index contributed by atoms with van der Waals surface area (Å²) in [6.45, 7) is 8.13. The molecule has 1 aliphatic rings. The summed E-state index contributed by atoms with van der Waals surface area (Å²) in [7, 11) is 1.96. The molecule has 0 bridgehead atoms. The molecule has 2 rings (SSSR count). The molecule has 1 aromatic heterocycles. The molecule has 1 aliphatic carbocycles. The van der Waals surface area contributed by atoms with Crippen molar-refractivity contribution in [1.29, 1.82) is 0 Å². The highest BCUT2D eigenvalue weighted by Crippen LogP contribution is 2.42. The molecule has 0 aromatic carbocycles. The highest BCUT2D eigenvalue weighted by molar-refractivity contribution is 5.03. The number of nitrogens with zero attached hydrogens (tertiary/aromatic N) is 3. The van der Waals surface area contributed by atoms with Gasteiger partial charge in [-0.3, -0.25) is 0 Å². The Hall–Kier alpha value is -0.940. The van der Waals surface area contributed by atoms with Gasteiger partial charge in [0, 0.05) is 25.1 Å². The Balaban J connectivity index is 1.84. The van der Waals surface area contributed by atoms with E-state index in [1.54, 1.807) is 6.33 Å². The van der Waals surface area contributed by atoms with Crippen molar-refractivity contribution in [2.45, 2.75) is 45.9 Å². The minimum absolute atomic E-state index is 0.203. The molecule has 1 heterocycles. The minimum Gasteiger partial charge on any atom is -0.378 e. The fourth-order valence-electron chi connectivity index (χ4n) is 2.40. The zero-order valence-corrected chi connectivity index (χ0v) is 11.1. The van der Waals surface area contributed by atoms with Crippen LogP contribution >= 0.6 is 0 Å². The van der Waals surface area contributed by atoms with Crippen molar-refractivity contribution in [2.24, 2.45) is 12.5 Å². The first kappa shape index (κ1) is 12.5. The molecule has 0 saturated heterocycles. The monoisotopic (exact) mass is 238 g/mol. The van der Waals surface area contributed by atoms with Gasteiger partial charge in [-0.05, 0) is 13.3 Å². The Morgan fingerprint density at radius 2 is 2.35 bits per heavy atom. The Morgan fingerprint density at radius 3 is 2.88 bits per heavy atom. The molecule has 1 N–H and O–H groups in total. The Morgan fingerprint density at radius 1 is 1.59 bits per heavy atom. The molecule has 0 aliphatic heterocycles. The summed E-state index contributed by atoms with van der Waals surface area (Å²) < 4.78 is 7.65. The summed E-state index contributed by atoms with van der Waals surface area (Å²) in [4.78, 5) is 0. The SMILES string of the molecule is CCOC1CC(NCc2nncn2C)C1(C)C. The van der Waals surface area contributed by atoms with Crippen LogP contribution < -0.4 is 5.32 Å². The highest BCUT2D eigenvalue weighted by Gasteiger charge is 2.48. The second-order valence-corrected chi connectivity index (χ2v) is 5.29. The number of ether oxygens (including phenoxy) is 1. The summed E-state index contributed by atoms with van der Waals surface area (Å²) in [6.07, 6.45) is 3.19. The van der Waals surface area contributed by atoms with Crippen LogP contribution in [0.2, 0.25) is 0 Å². The van der Waals surface area contributed by atoms with Crippen molar-refractivity contribution in [1.82, 2.24) is 20.1 Å². The lowest BCUT2D eigenvalue weighted by atomic mass is 9.64. The summed E-state index contributed by atoms with van der Waals surface area (Å²) in [5, 5.41) is 11.5. The predicted octanol–water partition coefficient (Wildman–Crippen LogP) is 1.11. The molecule has 96 valence electrons. The first-order chi connectivity index (χ1) is 8.05. The van der Waals surface area contributed by atoms with Gasteiger partial charge in [-0.2, -0.15) is 0 Å². The number of hydrogen-bond donors (Lipinski definition) is 1. The van der Waals surface area contributed by atoms with Gasteiger partial charge >= 0.3 is 0 Å². The van der Waals surface area contributed by atoms with Crippen LogP contribution in [-0.4, -0.2) is 33.5 Å². The molecule has 2 atom stereocenters. The minimum atomic E-state index is 0.203. The van der Waals surface area contributed by atoms with Crippen molar-refractivity contribution in [3.63, 3.8) is 0 Å². The van der Waals surface area contributed by atoms with Gasteiger partial charge in [0.1, 0.15) is 12.2 Å². The largest absolute Gasteiger partial charge is 0.378 e. The van der Waals surface area contributed by atoms with Crippen molar-refractivity contribution >= 4 is 0 Å². The fourth-order valence-corrected chi connectivity index (χ4v) is 2.40. The number of nitrogens with one attached hydrogen (secondary N) is 1. The van der Waals surface area contributed by atoms with Crippen LogP contribution in [0.25, 0.3) is 0 Å². The zero-order chi connectivity index (χ0) is 12.5. The summed E-state index contributed by atoms with van der Waals surface area (Å²) in [5.74, 6) is 0.973. The second kappa shape index (κ2) is 4.74. The third kappa shape index (κ3) is 2.35. The van der Waals surface area contributed by atoms with E-state index in [1.165, 1.54) is 0 Å². The lowest BCUT2D eigenvalue weighted by Crippen LogP contribution is -2.60. The molecule has 5 heteroatoms. The summed E-state index contributed by atoms with van der Waals surface area (Å²) in [6, 6.07) is 0.496. The molecule has 0 radical (unpaired) electrons. The van der Waals surface area contributed by atoms with Crippen LogP contribution in [0.1, 0.15) is 33.0 Å². The van der Waals surface area contributed by atoms with Gasteiger partial charge in [0.15, 0.2) is 0 Å². The normalized spacial score (nSPS) is 26.8. The zero-order valence-electron chi connectivity index (χ0n) is 11.1. The number of aryl methyl sites for hydroxylation is 1. The highest BCUT2D eigenvalue weighted by atomic mass is 16.5. The van der Waals surface area contributed by atoms with Gasteiger partial charge in [-0.1, -0.05) is 13.8 Å². The molecule has 0 spiro atoms. The number of hydrogen-bond acceptors (Lipinski definition) is 4. The van der Waals surface area contributed by atoms with Gasteiger partial charge in [-0.15, -0.1) is 10.2 Å². The van der Waals surface area contributed by atoms with E-state index in [9.17, 15) is 0 Å². The van der Waals surface area contributed by atoms with Crippen LogP contribution in [0.3, 0.4) is 0 Å². The second-order valence-electron chi connectivity index (χ2n) is 5.29. The van der Waals surface area contributed by atoms with E-state index in [1.807, 2.05) is 11.6 Å². The van der Waals surface area contributed by atoms with Gasteiger partial charge in [0.2, 0.25) is 0 Å². The van der Waals surface area contributed by atoms with Crippen LogP contribution in [0, 0.1) is 5.41 Å². The van der Waals surface area contributed by atoms with Gasteiger partial charge in [0.05, 0.1) is 12.6 Å². The van der Waals surface area contributed by atoms with Gasteiger partial charge < -0.3 is 14.6 Å². The smallest absolute Gasteiger partial charge is 0.146 e. The molecule has 2 unspecified atom stereocenters.